The van der Waals surface area contributed by atoms with Crippen LogP contribution in [0.1, 0.15) is 93.0 Å². The van der Waals surface area contributed by atoms with Crippen LogP contribution in [0.25, 0.3) is 0 Å². The number of aryl methyl sites for hydroxylation is 2. The Balaban J connectivity index is 1.16. The van der Waals surface area contributed by atoms with Crippen LogP contribution in [0.5, 0.6) is 5.75 Å². The summed E-state index contributed by atoms with van der Waals surface area (Å²) in [7, 11) is 0. The van der Waals surface area contributed by atoms with Gasteiger partial charge in [-0.2, -0.15) is 0 Å². The fourth-order valence-electron chi connectivity index (χ4n) is 7.11. The number of nitrogens with zero attached hydrogens (tertiary/aromatic N) is 3. The van der Waals surface area contributed by atoms with Crippen molar-refractivity contribution in [1.82, 2.24) is 9.88 Å². The molecule has 2 fully saturated rings. The zero-order valence-corrected chi connectivity index (χ0v) is 25.9. The maximum absolute atomic E-state index is 6.30. The molecule has 6 heteroatoms. The minimum absolute atomic E-state index is 0.124. The number of allylic oxidation sites excluding steroid dienone is 1. The third-order valence-corrected chi connectivity index (χ3v) is 9.39. The highest BCUT2D eigenvalue weighted by Crippen LogP contribution is 2.39. The van der Waals surface area contributed by atoms with E-state index >= 15 is 0 Å². The predicted octanol–water partition coefficient (Wildman–Crippen LogP) is 6.86. The van der Waals surface area contributed by atoms with Crippen LogP contribution in [0.3, 0.4) is 0 Å². The average molecular weight is 563 g/mol. The van der Waals surface area contributed by atoms with E-state index in [2.05, 4.69) is 74.0 Å². The van der Waals surface area contributed by atoms with Crippen LogP contribution in [-0.4, -0.2) is 54.8 Å². The molecule has 0 radical (unpaired) electrons. The molecule has 1 aromatic carbocycles. The van der Waals surface area contributed by atoms with E-state index in [-0.39, 0.29) is 5.54 Å². The molecule has 5 rings (SSSR count). The van der Waals surface area contributed by atoms with Gasteiger partial charge in [0.15, 0.2) is 0 Å². The molecule has 40 heavy (non-hydrogen) atoms. The van der Waals surface area contributed by atoms with E-state index in [1.54, 1.807) is 5.56 Å². The third-order valence-electron chi connectivity index (χ3n) is 9.21. The fraction of sp³-hybridized carbons (Fsp3) is 0.618. The van der Waals surface area contributed by atoms with Gasteiger partial charge in [-0.15, -0.1) is 12.6 Å². The number of aromatic nitrogens is 1. The molecular weight excluding hydrogens is 512 g/mol. The molecule has 5 nitrogen and oxygen atoms in total. The summed E-state index contributed by atoms with van der Waals surface area (Å²) >= 11 is 4.47. The van der Waals surface area contributed by atoms with Gasteiger partial charge < -0.3 is 20.3 Å². The SMILES string of the molecule is C=C(S)CC1CCOc2cnc(CCC3CCN(c4cc(C)ccc4C4CCN(CC(C)(C)N)CC4)CC3)cc21. The van der Waals surface area contributed by atoms with Crippen LogP contribution in [-0.2, 0) is 6.42 Å². The number of piperidine rings is 2. The molecule has 2 aromatic rings. The smallest absolute Gasteiger partial charge is 0.141 e. The molecule has 1 unspecified atom stereocenters. The number of hydrogen-bond acceptors (Lipinski definition) is 6. The van der Waals surface area contributed by atoms with E-state index in [0.29, 0.717) is 11.8 Å². The highest BCUT2D eigenvalue weighted by atomic mass is 32.1. The predicted molar refractivity (Wildman–Crippen MR) is 171 cm³/mol. The first-order chi connectivity index (χ1) is 19.1. The molecular formula is C34H50N4OS. The summed E-state index contributed by atoms with van der Waals surface area (Å²) in [5.41, 5.74) is 13.1. The highest BCUT2D eigenvalue weighted by molar-refractivity contribution is 7.84. The molecule has 2 saturated heterocycles. The van der Waals surface area contributed by atoms with E-state index < -0.39 is 0 Å². The summed E-state index contributed by atoms with van der Waals surface area (Å²) in [6, 6.07) is 9.48. The molecule has 3 aliphatic rings. The summed E-state index contributed by atoms with van der Waals surface area (Å²) in [6.45, 7) is 16.9. The third kappa shape index (κ3) is 7.63. The van der Waals surface area contributed by atoms with Gasteiger partial charge in [-0.3, -0.25) is 4.98 Å². The zero-order chi connectivity index (χ0) is 28.3. The Morgan fingerprint density at radius 2 is 1.82 bits per heavy atom. The lowest BCUT2D eigenvalue weighted by atomic mass is 9.85. The first-order valence-corrected chi connectivity index (χ1v) is 15.9. The van der Waals surface area contributed by atoms with Crippen LogP contribution in [0.4, 0.5) is 5.69 Å². The van der Waals surface area contributed by atoms with Gasteiger partial charge in [-0.05, 0) is 131 Å². The van der Waals surface area contributed by atoms with E-state index in [0.717, 1.165) is 75.2 Å². The van der Waals surface area contributed by atoms with Gasteiger partial charge in [-0.1, -0.05) is 18.7 Å². The second-order valence-electron chi connectivity index (χ2n) is 13.4. The van der Waals surface area contributed by atoms with Gasteiger partial charge in [0.25, 0.3) is 0 Å². The quantitative estimate of drug-likeness (QED) is 0.327. The van der Waals surface area contributed by atoms with Gasteiger partial charge in [0, 0.05) is 42.1 Å². The van der Waals surface area contributed by atoms with Crippen molar-refractivity contribution in [3.8, 4) is 5.75 Å². The largest absolute Gasteiger partial charge is 0.492 e. The van der Waals surface area contributed by atoms with E-state index in [1.165, 1.54) is 54.6 Å². The second-order valence-corrected chi connectivity index (χ2v) is 14.0. The molecule has 2 N–H and O–H groups in total. The first-order valence-electron chi connectivity index (χ1n) is 15.5. The molecule has 0 bridgehead atoms. The van der Waals surface area contributed by atoms with Crippen molar-refractivity contribution < 1.29 is 4.74 Å². The Hall–Kier alpha value is -2.02. The number of benzene rings is 1. The van der Waals surface area contributed by atoms with Crippen molar-refractivity contribution in [1.29, 1.82) is 0 Å². The number of thiol groups is 1. The lowest BCUT2D eigenvalue weighted by molar-refractivity contribution is 0.179. The van der Waals surface area contributed by atoms with Crippen molar-refractivity contribution in [3.05, 3.63) is 64.3 Å². The van der Waals surface area contributed by atoms with Crippen LogP contribution < -0.4 is 15.4 Å². The molecule has 1 atom stereocenters. The summed E-state index contributed by atoms with van der Waals surface area (Å²) < 4.78 is 5.89. The van der Waals surface area contributed by atoms with Crippen molar-refractivity contribution in [3.63, 3.8) is 0 Å². The number of ether oxygens (including phenoxy) is 1. The number of nitrogens with two attached hydrogens (primary N) is 1. The number of anilines is 1. The summed E-state index contributed by atoms with van der Waals surface area (Å²) in [5, 5.41) is 0. The van der Waals surface area contributed by atoms with Crippen molar-refractivity contribution in [2.75, 3.05) is 44.2 Å². The molecule has 218 valence electrons. The Labute approximate surface area is 248 Å². The molecule has 1 aromatic heterocycles. The van der Waals surface area contributed by atoms with E-state index in [9.17, 15) is 0 Å². The maximum atomic E-state index is 6.30. The monoisotopic (exact) mass is 562 g/mol. The molecule has 4 heterocycles. The maximum Gasteiger partial charge on any atom is 0.141 e. The fourth-order valence-corrected chi connectivity index (χ4v) is 7.33. The topological polar surface area (TPSA) is 54.6 Å². The molecule has 3 aliphatic heterocycles. The highest BCUT2D eigenvalue weighted by Gasteiger charge is 2.28. The average Bonchev–Trinajstić information content (AvgIpc) is 2.92. The second kappa shape index (κ2) is 12.9. The van der Waals surface area contributed by atoms with Gasteiger partial charge in [0.1, 0.15) is 5.75 Å². The van der Waals surface area contributed by atoms with Crippen LogP contribution >= 0.6 is 12.6 Å². The van der Waals surface area contributed by atoms with Crippen molar-refractivity contribution in [2.45, 2.75) is 89.5 Å². The molecule has 0 amide bonds. The van der Waals surface area contributed by atoms with Gasteiger partial charge in [0.2, 0.25) is 0 Å². The summed E-state index contributed by atoms with van der Waals surface area (Å²) in [4.78, 5) is 10.9. The lowest BCUT2D eigenvalue weighted by Gasteiger charge is -2.39. The minimum Gasteiger partial charge on any atom is -0.492 e. The van der Waals surface area contributed by atoms with Crippen molar-refractivity contribution in [2.24, 2.45) is 11.7 Å². The lowest BCUT2D eigenvalue weighted by Crippen LogP contribution is -2.47. The van der Waals surface area contributed by atoms with Gasteiger partial charge in [0.05, 0.1) is 12.8 Å². The Bertz CT molecular complexity index is 1160. The molecule has 0 spiro atoms. The zero-order valence-electron chi connectivity index (χ0n) is 25.0. The Morgan fingerprint density at radius 3 is 2.52 bits per heavy atom. The van der Waals surface area contributed by atoms with Gasteiger partial charge >= 0.3 is 0 Å². The molecule has 0 saturated carbocycles. The van der Waals surface area contributed by atoms with E-state index in [4.69, 9.17) is 15.5 Å². The summed E-state index contributed by atoms with van der Waals surface area (Å²) in [5.74, 6) is 2.80. The normalized spacial score (nSPS) is 21.2. The minimum atomic E-state index is -0.124. The number of rotatable bonds is 9. The summed E-state index contributed by atoms with van der Waals surface area (Å²) in [6.07, 6.45) is 11.1. The number of pyridine rings is 1. The molecule has 0 aliphatic carbocycles. The number of hydrogen-bond donors (Lipinski definition) is 2. The standard InChI is InChI=1S/C34H50N4OS/c1-24-5-8-30(27-11-14-37(15-12-27)23-34(3,4)35)32(19-24)38-16-9-26(10-17-38)6-7-29-21-31-28(20-25(2)40)13-18-39-33(31)22-36-29/h5,8,19,21-22,26-28,40H,2,6-7,9-18,20,23,35H2,1,3-4H3. The van der Waals surface area contributed by atoms with Crippen LogP contribution in [0.15, 0.2) is 41.9 Å². The van der Waals surface area contributed by atoms with Crippen LogP contribution in [0.2, 0.25) is 0 Å². The van der Waals surface area contributed by atoms with E-state index in [1.807, 2.05) is 6.20 Å². The first kappa shape index (κ1) is 29.5. The Kier molecular flexibility index (Phi) is 9.49. The van der Waals surface area contributed by atoms with Crippen LogP contribution in [0, 0.1) is 12.8 Å². The van der Waals surface area contributed by atoms with Gasteiger partial charge in [-0.25, -0.2) is 0 Å². The number of fused-ring (bicyclic) bond motifs is 1. The Morgan fingerprint density at radius 1 is 1.07 bits per heavy atom. The van der Waals surface area contributed by atoms with Crippen molar-refractivity contribution >= 4 is 18.3 Å². The number of likely N-dealkylation sites (tertiary alicyclic amines) is 1.